The normalized spacial score (nSPS) is 17.1. The van der Waals surface area contributed by atoms with Crippen molar-refractivity contribution in [2.24, 2.45) is 0 Å². The lowest BCUT2D eigenvalue weighted by Crippen LogP contribution is -2.45. The van der Waals surface area contributed by atoms with Crippen molar-refractivity contribution < 1.29 is 0 Å². The highest BCUT2D eigenvalue weighted by atomic mass is 15.5. The Balaban J connectivity index is 1.88. The summed E-state index contributed by atoms with van der Waals surface area (Å²) in [5, 5.41) is 8.24. The third kappa shape index (κ3) is 2.09. The maximum Gasteiger partial charge on any atom is 0.153 e. The van der Waals surface area contributed by atoms with E-state index in [2.05, 4.69) is 27.2 Å². The summed E-state index contributed by atoms with van der Waals surface area (Å²) < 4.78 is 1.91. The molecular formula is C13H17N5. The van der Waals surface area contributed by atoms with Crippen LogP contribution in [-0.4, -0.2) is 53.1 Å². The number of anilines is 1. The standard InChI is InChI=1S/C13H17N5/c1-16-7-9-17(10-8-16)13-11-14-15-18(13)12-5-3-2-4-6-12/h2-6,11H,7-10H2,1H3. The highest BCUT2D eigenvalue weighted by Gasteiger charge is 2.18. The molecule has 0 N–H and O–H groups in total. The fourth-order valence-corrected chi connectivity index (χ4v) is 2.23. The number of likely N-dealkylation sites (N-methyl/N-ethyl adjacent to an activating group) is 1. The molecular weight excluding hydrogens is 226 g/mol. The van der Waals surface area contributed by atoms with Gasteiger partial charge in [0.15, 0.2) is 5.82 Å². The maximum absolute atomic E-state index is 4.19. The van der Waals surface area contributed by atoms with Crippen LogP contribution in [-0.2, 0) is 0 Å². The molecule has 2 heterocycles. The quantitative estimate of drug-likeness (QED) is 0.789. The molecule has 18 heavy (non-hydrogen) atoms. The van der Waals surface area contributed by atoms with Crippen LogP contribution in [0.1, 0.15) is 0 Å². The Hall–Kier alpha value is -1.88. The van der Waals surface area contributed by atoms with Crippen molar-refractivity contribution >= 4 is 5.82 Å². The molecule has 1 fully saturated rings. The number of aromatic nitrogens is 3. The van der Waals surface area contributed by atoms with Gasteiger partial charge in [0.25, 0.3) is 0 Å². The molecule has 3 rings (SSSR count). The van der Waals surface area contributed by atoms with E-state index in [-0.39, 0.29) is 0 Å². The summed E-state index contributed by atoms with van der Waals surface area (Å²) in [6, 6.07) is 10.1. The van der Waals surface area contributed by atoms with Crippen molar-refractivity contribution in [2.45, 2.75) is 0 Å². The van der Waals surface area contributed by atoms with E-state index < -0.39 is 0 Å². The summed E-state index contributed by atoms with van der Waals surface area (Å²) in [6.45, 7) is 4.22. The largest absolute Gasteiger partial charge is 0.353 e. The van der Waals surface area contributed by atoms with Crippen molar-refractivity contribution in [3.05, 3.63) is 36.5 Å². The summed E-state index contributed by atoms with van der Waals surface area (Å²) in [4.78, 5) is 4.68. The second kappa shape index (κ2) is 4.78. The van der Waals surface area contributed by atoms with Crippen LogP contribution in [0.15, 0.2) is 36.5 Å². The zero-order valence-electron chi connectivity index (χ0n) is 10.5. The predicted octanol–water partition coefficient (Wildman–Crippen LogP) is 1.02. The molecule has 0 bridgehead atoms. The van der Waals surface area contributed by atoms with Crippen molar-refractivity contribution in [1.29, 1.82) is 0 Å². The molecule has 1 saturated heterocycles. The van der Waals surface area contributed by atoms with Crippen LogP contribution in [0.3, 0.4) is 0 Å². The van der Waals surface area contributed by atoms with E-state index in [0.717, 1.165) is 37.7 Å². The summed E-state index contributed by atoms with van der Waals surface area (Å²) in [7, 11) is 2.16. The lowest BCUT2D eigenvalue weighted by Gasteiger charge is -2.33. The molecule has 1 aliphatic heterocycles. The highest BCUT2D eigenvalue weighted by molar-refractivity contribution is 5.45. The average Bonchev–Trinajstić information content (AvgIpc) is 2.90. The van der Waals surface area contributed by atoms with E-state index in [1.165, 1.54) is 0 Å². The molecule has 0 aliphatic carbocycles. The van der Waals surface area contributed by atoms with E-state index >= 15 is 0 Å². The first-order chi connectivity index (χ1) is 8.84. The fraction of sp³-hybridized carbons (Fsp3) is 0.385. The van der Waals surface area contributed by atoms with Gasteiger partial charge in [-0.15, -0.1) is 5.10 Å². The minimum atomic E-state index is 1.02. The van der Waals surface area contributed by atoms with Crippen LogP contribution in [0.5, 0.6) is 0 Å². The second-order valence-electron chi connectivity index (χ2n) is 4.63. The predicted molar refractivity (Wildman–Crippen MR) is 71.1 cm³/mol. The van der Waals surface area contributed by atoms with Crippen molar-refractivity contribution in [3.63, 3.8) is 0 Å². The molecule has 0 saturated carbocycles. The fourth-order valence-electron chi connectivity index (χ4n) is 2.23. The molecule has 0 unspecified atom stereocenters. The highest BCUT2D eigenvalue weighted by Crippen LogP contribution is 2.18. The number of para-hydroxylation sites is 1. The lowest BCUT2D eigenvalue weighted by molar-refractivity contribution is 0.311. The first kappa shape index (κ1) is 11.2. The Kier molecular flexibility index (Phi) is 2.98. The Morgan fingerprint density at radius 2 is 1.72 bits per heavy atom. The molecule has 1 aromatic heterocycles. The van der Waals surface area contributed by atoms with E-state index in [1.807, 2.05) is 41.2 Å². The molecule has 0 radical (unpaired) electrons. The van der Waals surface area contributed by atoms with Gasteiger partial charge in [-0.05, 0) is 19.2 Å². The maximum atomic E-state index is 4.19. The average molecular weight is 243 g/mol. The van der Waals surface area contributed by atoms with E-state index in [0.29, 0.717) is 0 Å². The van der Waals surface area contributed by atoms with Gasteiger partial charge in [-0.25, -0.2) is 0 Å². The number of benzene rings is 1. The number of hydrogen-bond donors (Lipinski definition) is 0. The van der Waals surface area contributed by atoms with Gasteiger partial charge in [0, 0.05) is 26.2 Å². The van der Waals surface area contributed by atoms with Gasteiger partial charge in [-0.3, -0.25) is 0 Å². The van der Waals surface area contributed by atoms with Crippen LogP contribution in [0.25, 0.3) is 5.69 Å². The monoisotopic (exact) mass is 243 g/mol. The van der Waals surface area contributed by atoms with Crippen LogP contribution in [0.4, 0.5) is 5.82 Å². The van der Waals surface area contributed by atoms with Gasteiger partial charge in [0.2, 0.25) is 0 Å². The van der Waals surface area contributed by atoms with E-state index in [1.54, 1.807) is 0 Å². The Bertz CT molecular complexity index is 499. The SMILES string of the molecule is CN1CCN(c2cnnn2-c2ccccc2)CC1. The third-order valence-electron chi connectivity index (χ3n) is 3.36. The first-order valence-corrected chi connectivity index (χ1v) is 6.24. The minimum absolute atomic E-state index is 1.02. The summed E-state index contributed by atoms with van der Waals surface area (Å²) >= 11 is 0. The Morgan fingerprint density at radius 3 is 2.44 bits per heavy atom. The van der Waals surface area contributed by atoms with Gasteiger partial charge in [0.1, 0.15) is 0 Å². The topological polar surface area (TPSA) is 37.2 Å². The Morgan fingerprint density at radius 1 is 1.00 bits per heavy atom. The smallest absolute Gasteiger partial charge is 0.153 e. The van der Waals surface area contributed by atoms with Crippen molar-refractivity contribution in [2.75, 3.05) is 38.1 Å². The number of hydrogen-bond acceptors (Lipinski definition) is 4. The van der Waals surface area contributed by atoms with Crippen LogP contribution >= 0.6 is 0 Å². The van der Waals surface area contributed by atoms with Gasteiger partial charge in [-0.1, -0.05) is 23.4 Å². The van der Waals surface area contributed by atoms with Gasteiger partial charge >= 0.3 is 0 Å². The van der Waals surface area contributed by atoms with Crippen LogP contribution in [0, 0.1) is 0 Å². The van der Waals surface area contributed by atoms with Gasteiger partial charge in [0.05, 0.1) is 11.9 Å². The minimum Gasteiger partial charge on any atom is -0.353 e. The van der Waals surface area contributed by atoms with Gasteiger partial charge < -0.3 is 9.80 Å². The molecule has 5 nitrogen and oxygen atoms in total. The van der Waals surface area contributed by atoms with Crippen molar-refractivity contribution in [1.82, 2.24) is 19.9 Å². The molecule has 0 spiro atoms. The second-order valence-corrected chi connectivity index (χ2v) is 4.63. The zero-order valence-corrected chi connectivity index (χ0v) is 10.5. The summed E-state index contributed by atoms with van der Waals surface area (Å²) in [6.07, 6.45) is 1.85. The Labute approximate surface area is 107 Å². The molecule has 0 atom stereocenters. The molecule has 94 valence electrons. The number of piperazine rings is 1. The third-order valence-corrected chi connectivity index (χ3v) is 3.36. The van der Waals surface area contributed by atoms with E-state index in [4.69, 9.17) is 0 Å². The van der Waals surface area contributed by atoms with Crippen LogP contribution in [0.2, 0.25) is 0 Å². The molecule has 5 heteroatoms. The molecule has 1 aliphatic rings. The first-order valence-electron chi connectivity index (χ1n) is 6.24. The van der Waals surface area contributed by atoms with Crippen molar-refractivity contribution in [3.8, 4) is 5.69 Å². The van der Waals surface area contributed by atoms with E-state index in [9.17, 15) is 0 Å². The molecule has 1 aromatic carbocycles. The molecule has 2 aromatic rings. The van der Waals surface area contributed by atoms with Gasteiger partial charge in [-0.2, -0.15) is 4.68 Å². The summed E-state index contributed by atoms with van der Waals surface area (Å²) in [5.74, 6) is 1.08. The lowest BCUT2D eigenvalue weighted by atomic mass is 10.3. The summed E-state index contributed by atoms with van der Waals surface area (Å²) in [5.41, 5.74) is 1.06. The molecule has 0 amide bonds. The number of rotatable bonds is 2. The van der Waals surface area contributed by atoms with Crippen LogP contribution < -0.4 is 4.90 Å². The number of nitrogens with zero attached hydrogens (tertiary/aromatic N) is 5. The zero-order chi connectivity index (χ0) is 12.4.